The molecule has 25 heavy (non-hydrogen) atoms. The summed E-state index contributed by atoms with van der Waals surface area (Å²) >= 11 is 0. The summed E-state index contributed by atoms with van der Waals surface area (Å²) in [5.74, 6) is -0.0837. The van der Waals surface area contributed by atoms with Crippen LogP contribution >= 0.6 is 0 Å². The summed E-state index contributed by atoms with van der Waals surface area (Å²) in [4.78, 5) is 31.9. The lowest BCUT2D eigenvalue weighted by atomic mass is 10.0. The molecule has 130 valence electrons. The zero-order chi connectivity index (χ0) is 18.1. The third-order valence-corrected chi connectivity index (χ3v) is 3.94. The van der Waals surface area contributed by atoms with Crippen molar-refractivity contribution in [3.8, 4) is 11.4 Å². The molecule has 7 nitrogen and oxygen atoms in total. The number of carbonyl (C=O) groups excluding carboxylic acids is 1. The molecule has 3 rings (SSSR count). The van der Waals surface area contributed by atoms with E-state index in [9.17, 15) is 9.59 Å². The number of hydrogen-bond acceptors (Lipinski definition) is 5. The fraction of sp³-hybridized carbons (Fsp3) is 0.333. The summed E-state index contributed by atoms with van der Waals surface area (Å²) < 4.78 is 6.57. The van der Waals surface area contributed by atoms with E-state index >= 15 is 0 Å². The number of esters is 1. The molecule has 7 heteroatoms. The van der Waals surface area contributed by atoms with Crippen LogP contribution in [0.5, 0.6) is 0 Å². The van der Waals surface area contributed by atoms with Crippen LogP contribution < -0.4 is 5.56 Å². The Labute approximate surface area is 144 Å². The van der Waals surface area contributed by atoms with Crippen LogP contribution in [0.2, 0.25) is 0 Å². The number of nitrogens with one attached hydrogen (secondary N) is 1. The lowest BCUT2D eigenvalue weighted by molar-refractivity contribution is 0.0525. The smallest absolute Gasteiger partial charge is 0.340 e. The molecule has 0 saturated carbocycles. The van der Waals surface area contributed by atoms with Gasteiger partial charge >= 0.3 is 5.97 Å². The molecule has 3 heterocycles. The van der Waals surface area contributed by atoms with Crippen molar-refractivity contribution in [1.82, 2.24) is 19.6 Å². The van der Waals surface area contributed by atoms with Crippen molar-refractivity contribution in [2.75, 3.05) is 6.61 Å². The van der Waals surface area contributed by atoms with E-state index in [1.54, 1.807) is 19.3 Å². The predicted octanol–water partition coefficient (Wildman–Crippen LogP) is 2.69. The monoisotopic (exact) mass is 340 g/mol. The summed E-state index contributed by atoms with van der Waals surface area (Å²) in [6.07, 6.45) is 3.21. The molecule has 0 amide bonds. The number of pyridine rings is 1. The summed E-state index contributed by atoms with van der Waals surface area (Å²) in [6, 6.07) is 3.68. The summed E-state index contributed by atoms with van der Waals surface area (Å²) in [5.41, 5.74) is 2.64. The van der Waals surface area contributed by atoms with Gasteiger partial charge in [-0.1, -0.05) is 13.8 Å². The van der Waals surface area contributed by atoms with Crippen LogP contribution in [0.4, 0.5) is 0 Å². The predicted molar refractivity (Wildman–Crippen MR) is 93.8 cm³/mol. The van der Waals surface area contributed by atoms with Crippen LogP contribution in [-0.4, -0.2) is 32.2 Å². The molecular formula is C18H20N4O3. The highest BCUT2D eigenvalue weighted by Gasteiger charge is 2.23. The van der Waals surface area contributed by atoms with Crippen molar-refractivity contribution < 1.29 is 9.53 Å². The average molecular weight is 340 g/mol. The fourth-order valence-electron chi connectivity index (χ4n) is 2.81. The second-order valence-electron chi connectivity index (χ2n) is 6.12. The molecule has 0 fully saturated rings. The fourth-order valence-corrected chi connectivity index (χ4v) is 2.81. The van der Waals surface area contributed by atoms with Crippen LogP contribution in [0.25, 0.3) is 16.9 Å². The zero-order valence-corrected chi connectivity index (χ0v) is 14.7. The van der Waals surface area contributed by atoms with Crippen LogP contribution in [0, 0.1) is 6.92 Å². The van der Waals surface area contributed by atoms with E-state index in [0.29, 0.717) is 28.0 Å². The Hall–Kier alpha value is -2.96. The topological polar surface area (TPSA) is 89.3 Å². The Morgan fingerprint density at radius 3 is 2.72 bits per heavy atom. The molecule has 0 aromatic carbocycles. The third-order valence-electron chi connectivity index (χ3n) is 3.94. The molecule has 0 aliphatic rings. The minimum Gasteiger partial charge on any atom is -0.462 e. The van der Waals surface area contributed by atoms with Gasteiger partial charge in [0.25, 0.3) is 5.56 Å². The van der Waals surface area contributed by atoms with Gasteiger partial charge in [0, 0.05) is 29.2 Å². The minimum absolute atomic E-state index is 0.0285. The molecule has 0 atom stereocenters. The van der Waals surface area contributed by atoms with Crippen molar-refractivity contribution in [2.24, 2.45) is 0 Å². The highest BCUT2D eigenvalue weighted by molar-refractivity contribution is 5.94. The number of carbonyl (C=O) groups is 1. The highest BCUT2D eigenvalue weighted by atomic mass is 16.5. The number of H-pyrrole nitrogens is 1. The van der Waals surface area contributed by atoms with Gasteiger partial charge in [0.15, 0.2) is 5.82 Å². The molecule has 0 bridgehead atoms. The van der Waals surface area contributed by atoms with E-state index < -0.39 is 5.97 Å². The van der Waals surface area contributed by atoms with Crippen LogP contribution in [0.15, 0.2) is 29.3 Å². The lowest BCUT2D eigenvalue weighted by Gasteiger charge is -2.07. The third kappa shape index (κ3) is 3.05. The van der Waals surface area contributed by atoms with Crippen molar-refractivity contribution in [2.45, 2.75) is 33.6 Å². The van der Waals surface area contributed by atoms with Crippen LogP contribution in [-0.2, 0) is 4.74 Å². The quantitative estimate of drug-likeness (QED) is 0.738. The number of fused-ring (bicyclic) bond motifs is 1. The van der Waals surface area contributed by atoms with Gasteiger partial charge in [-0.2, -0.15) is 0 Å². The van der Waals surface area contributed by atoms with Crippen molar-refractivity contribution >= 4 is 11.5 Å². The van der Waals surface area contributed by atoms with Crippen molar-refractivity contribution in [1.29, 1.82) is 0 Å². The Morgan fingerprint density at radius 1 is 1.36 bits per heavy atom. The van der Waals surface area contributed by atoms with Gasteiger partial charge < -0.3 is 9.72 Å². The van der Waals surface area contributed by atoms with Crippen LogP contribution in [0.1, 0.15) is 48.3 Å². The van der Waals surface area contributed by atoms with Gasteiger partial charge in [-0.15, -0.1) is 5.10 Å². The molecule has 0 saturated heterocycles. The number of ether oxygens (including phenoxy) is 1. The van der Waals surface area contributed by atoms with E-state index in [4.69, 9.17) is 4.74 Å². The zero-order valence-electron chi connectivity index (χ0n) is 14.7. The molecule has 1 N–H and O–H groups in total. The van der Waals surface area contributed by atoms with Gasteiger partial charge in [0.05, 0.1) is 12.2 Å². The van der Waals surface area contributed by atoms with Crippen molar-refractivity contribution in [3.05, 3.63) is 51.7 Å². The first kappa shape index (κ1) is 16.9. The molecule has 0 spiro atoms. The second kappa shape index (κ2) is 6.51. The Bertz CT molecular complexity index is 984. The lowest BCUT2D eigenvalue weighted by Crippen LogP contribution is -2.15. The average Bonchev–Trinajstić information content (AvgIpc) is 2.96. The van der Waals surface area contributed by atoms with Crippen molar-refractivity contribution in [3.63, 3.8) is 0 Å². The normalized spacial score (nSPS) is 11.2. The largest absolute Gasteiger partial charge is 0.462 e. The summed E-state index contributed by atoms with van der Waals surface area (Å²) in [6.45, 7) is 7.75. The maximum atomic E-state index is 12.7. The van der Waals surface area contributed by atoms with Crippen LogP contribution in [0.3, 0.4) is 0 Å². The molecule has 0 unspecified atom stereocenters. The first-order chi connectivity index (χ1) is 11.9. The Kier molecular flexibility index (Phi) is 4.39. The molecule has 3 aromatic rings. The SMILES string of the molecule is CCOC(=O)c1cn2nc(-c3ccc(C)nc3)[nH]c(=O)c2c1C(C)C. The Morgan fingerprint density at radius 2 is 2.12 bits per heavy atom. The number of aryl methyl sites for hydroxylation is 1. The summed E-state index contributed by atoms with van der Waals surface area (Å²) in [7, 11) is 0. The number of rotatable bonds is 4. The second-order valence-corrected chi connectivity index (χ2v) is 6.12. The van der Waals surface area contributed by atoms with Gasteiger partial charge in [0.2, 0.25) is 0 Å². The summed E-state index contributed by atoms with van der Waals surface area (Å²) in [5, 5.41) is 4.46. The molecular weight excluding hydrogens is 320 g/mol. The van der Waals surface area contributed by atoms with E-state index in [-0.39, 0.29) is 18.1 Å². The molecule has 0 radical (unpaired) electrons. The van der Waals surface area contributed by atoms with Gasteiger partial charge in [-0.05, 0) is 31.9 Å². The first-order valence-corrected chi connectivity index (χ1v) is 8.18. The maximum absolute atomic E-state index is 12.7. The number of hydrogen-bond donors (Lipinski definition) is 1. The molecule has 3 aromatic heterocycles. The van der Waals surface area contributed by atoms with E-state index in [1.165, 1.54) is 4.52 Å². The first-order valence-electron chi connectivity index (χ1n) is 8.18. The molecule has 0 aliphatic carbocycles. The van der Waals surface area contributed by atoms with E-state index in [0.717, 1.165) is 5.69 Å². The standard InChI is InChI=1S/C18H20N4O3/c1-5-25-18(24)13-9-22-15(14(13)10(2)3)17(23)20-16(21-22)12-7-6-11(4)19-8-12/h6-10H,5H2,1-4H3,(H,20,21,23). The van der Waals surface area contributed by atoms with E-state index in [1.807, 2.05) is 32.9 Å². The number of aromatic nitrogens is 4. The van der Waals surface area contributed by atoms with Gasteiger partial charge in [-0.3, -0.25) is 9.78 Å². The molecule has 0 aliphatic heterocycles. The minimum atomic E-state index is -0.449. The number of nitrogens with zero attached hydrogens (tertiary/aromatic N) is 3. The maximum Gasteiger partial charge on any atom is 0.340 e. The van der Waals surface area contributed by atoms with E-state index in [2.05, 4.69) is 15.1 Å². The number of aromatic amines is 1. The Balaban J connectivity index is 2.23. The van der Waals surface area contributed by atoms with Gasteiger partial charge in [0.1, 0.15) is 5.52 Å². The van der Waals surface area contributed by atoms with Gasteiger partial charge in [-0.25, -0.2) is 9.31 Å². The highest BCUT2D eigenvalue weighted by Crippen LogP contribution is 2.25.